The number of hydrogen-bond donors (Lipinski definition) is 0. The molecule has 2 heteroatoms. The molecule has 0 saturated carbocycles. The molecule has 0 saturated heterocycles. The first-order chi connectivity index (χ1) is 13.7. The van der Waals surface area contributed by atoms with Crippen molar-refractivity contribution in [1.29, 1.82) is 0 Å². The Bertz CT molecular complexity index is 482. The molecule has 0 aliphatic rings. The molecule has 0 bridgehead atoms. The Hall–Kier alpha value is -1.31. The summed E-state index contributed by atoms with van der Waals surface area (Å²) in [5.41, 5.74) is 1.08. The quantitative estimate of drug-likeness (QED) is 0.198. The lowest BCUT2D eigenvalue weighted by atomic mass is 9.94. The number of esters is 1. The van der Waals surface area contributed by atoms with Crippen LogP contribution in [0.4, 0.5) is 0 Å². The van der Waals surface area contributed by atoms with Gasteiger partial charge in [0.15, 0.2) is 0 Å². The van der Waals surface area contributed by atoms with Crippen LogP contribution in [-0.4, -0.2) is 5.97 Å². The summed E-state index contributed by atoms with van der Waals surface area (Å²) in [7, 11) is 0. The van der Waals surface area contributed by atoms with Crippen LogP contribution in [0.5, 0.6) is 0 Å². The van der Waals surface area contributed by atoms with Gasteiger partial charge in [-0.25, -0.2) is 0 Å². The number of benzene rings is 1. The summed E-state index contributed by atoms with van der Waals surface area (Å²) >= 11 is 0. The first-order valence-electron chi connectivity index (χ1n) is 11.9. The van der Waals surface area contributed by atoms with Crippen molar-refractivity contribution >= 4 is 5.97 Å². The van der Waals surface area contributed by atoms with Crippen molar-refractivity contribution in [2.75, 3.05) is 0 Å². The molecule has 0 heterocycles. The van der Waals surface area contributed by atoms with E-state index >= 15 is 0 Å². The van der Waals surface area contributed by atoms with Crippen LogP contribution < -0.4 is 0 Å². The van der Waals surface area contributed by atoms with Crippen LogP contribution in [0.15, 0.2) is 30.3 Å². The van der Waals surface area contributed by atoms with Crippen molar-refractivity contribution in [3.8, 4) is 0 Å². The van der Waals surface area contributed by atoms with Gasteiger partial charge >= 0.3 is 5.97 Å². The Labute approximate surface area is 174 Å². The fourth-order valence-corrected chi connectivity index (χ4v) is 3.78. The molecule has 2 unspecified atom stereocenters. The van der Waals surface area contributed by atoms with Crippen LogP contribution in [0.25, 0.3) is 0 Å². The molecule has 28 heavy (non-hydrogen) atoms. The lowest BCUT2D eigenvalue weighted by Gasteiger charge is -2.20. The maximum absolute atomic E-state index is 12.8. The fraction of sp³-hybridized carbons (Fsp3) is 0.731. The van der Waals surface area contributed by atoms with Gasteiger partial charge in [0, 0.05) is 0 Å². The molecule has 160 valence electrons. The minimum absolute atomic E-state index is 0.0119. The van der Waals surface area contributed by atoms with Crippen LogP contribution in [0.1, 0.15) is 122 Å². The van der Waals surface area contributed by atoms with Gasteiger partial charge in [0.25, 0.3) is 0 Å². The van der Waals surface area contributed by atoms with E-state index in [4.69, 9.17) is 4.74 Å². The fourth-order valence-electron chi connectivity index (χ4n) is 3.78. The minimum Gasteiger partial charge on any atom is -0.458 e. The number of hydrogen-bond acceptors (Lipinski definition) is 2. The lowest BCUT2D eigenvalue weighted by Crippen LogP contribution is -2.20. The number of rotatable bonds is 17. The standard InChI is InChI=1S/C26H44O2/c1-4-6-8-10-11-13-16-22-25(21-15-12-9-7-5-2)26(27)28-23(3)24-19-17-14-18-20-24/h14,17-20,23,25H,4-13,15-16,21-22H2,1-3H3. The molecular formula is C26H44O2. The predicted molar refractivity (Wildman–Crippen MR) is 120 cm³/mol. The number of ether oxygens (including phenoxy) is 1. The van der Waals surface area contributed by atoms with Gasteiger partial charge in [-0.15, -0.1) is 0 Å². The summed E-state index contributed by atoms with van der Waals surface area (Å²) in [4.78, 5) is 12.8. The average Bonchev–Trinajstić information content (AvgIpc) is 2.71. The van der Waals surface area contributed by atoms with Gasteiger partial charge in [0.05, 0.1) is 5.92 Å². The molecule has 0 N–H and O–H groups in total. The maximum atomic E-state index is 12.8. The zero-order chi connectivity index (χ0) is 20.5. The van der Waals surface area contributed by atoms with Crippen molar-refractivity contribution in [3.05, 3.63) is 35.9 Å². The Morgan fingerprint density at radius 2 is 1.21 bits per heavy atom. The van der Waals surface area contributed by atoms with Crippen LogP contribution in [0, 0.1) is 5.92 Å². The highest BCUT2D eigenvalue weighted by atomic mass is 16.5. The van der Waals surface area contributed by atoms with E-state index in [2.05, 4.69) is 13.8 Å². The smallest absolute Gasteiger partial charge is 0.309 e. The Morgan fingerprint density at radius 1 is 0.750 bits per heavy atom. The van der Waals surface area contributed by atoms with Crippen molar-refractivity contribution in [2.45, 2.75) is 117 Å². The molecule has 1 aromatic carbocycles. The van der Waals surface area contributed by atoms with Crippen molar-refractivity contribution in [2.24, 2.45) is 5.92 Å². The molecule has 0 amide bonds. The van der Waals surface area contributed by atoms with Gasteiger partial charge in [-0.3, -0.25) is 4.79 Å². The van der Waals surface area contributed by atoms with E-state index in [0.717, 1.165) is 31.2 Å². The third-order valence-electron chi connectivity index (χ3n) is 5.71. The average molecular weight is 389 g/mol. The van der Waals surface area contributed by atoms with Gasteiger partial charge < -0.3 is 4.74 Å². The number of carbonyl (C=O) groups excluding carboxylic acids is 1. The molecule has 0 aliphatic heterocycles. The molecule has 0 radical (unpaired) electrons. The van der Waals surface area contributed by atoms with Crippen LogP contribution in [0.2, 0.25) is 0 Å². The second-order valence-corrected chi connectivity index (χ2v) is 8.30. The summed E-state index contributed by atoms with van der Waals surface area (Å²) in [6.07, 6.45) is 17.1. The summed E-state index contributed by atoms with van der Waals surface area (Å²) in [6.45, 7) is 6.48. The number of carbonyl (C=O) groups is 1. The number of unbranched alkanes of at least 4 members (excludes halogenated alkanes) is 10. The second-order valence-electron chi connectivity index (χ2n) is 8.30. The van der Waals surface area contributed by atoms with Crippen LogP contribution in [0.3, 0.4) is 0 Å². The SMILES string of the molecule is CCCCCCCCCC(CCCCCCC)C(=O)OC(C)c1ccccc1. The highest BCUT2D eigenvalue weighted by molar-refractivity contribution is 5.72. The Morgan fingerprint density at radius 3 is 1.71 bits per heavy atom. The van der Waals surface area contributed by atoms with Crippen LogP contribution >= 0.6 is 0 Å². The molecule has 1 rings (SSSR count). The molecule has 0 spiro atoms. The maximum Gasteiger partial charge on any atom is 0.309 e. The first-order valence-corrected chi connectivity index (χ1v) is 11.9. The Balaban J connectivity index is 2.42. The second kappa shape index (κ2) is 16.6. The Kier molecular flexibility index (Phi) is 14.7. The highest BCUT2D eigenvalue weighted by Crippen LogP contribution is 2.24. The molecule has 1 aromatic rings. The van der Waals surface area contributed by atoms with Gasteiger partial charge in [-0.05, 0) is 25.3 Å². The summed E-state index contributed by atoms with van der Waals surface area (Å²) in [5, 5.41) is 0. The molecule has 2 nitrogen and oxygen atoms in total. The molecule has 0 aliphatic carbocycles. The molecule has 0 fully saturated rings. The topological polar surface area (TPSA) is 26.3 Å². The highest BCUT2D eigenvalue weighted by Gasteiger charge is 2.22. The predicted octanol–water partition coefficient (Wildman–Crippen LogP) is 8.41. The van der Waals surface area contributed by atoms with E-state index in [9.17, 15) is 4.79 Å². The van der Waals surface area contributed by atoms with E-state index in [1.807, 2.05) is 37.3 Å². The van der Waals surface area contributed by atoms with E-state index < -0.39 is 0 Å². The molecule has 0 aromatic heterocycles. The summed E-state index contributed by atoms with van der Waals surface area (Å²) in [5.74, 6) is 0.0845. The van der Waals surface area contributed by atoms with Crippen LogP contribution in [-0.2, 0) is 9.53 Å². The summed E-state index contributed by atoms with van der Waals surface area (Å²) in [6, 6.07) is 10.1. The zero-order valence-electron chi connectivity index (χ0n) is 18.8. The molecular weight excluding hydrogens is 344 g/mol. The van der Waals surface area contributed by atoms with E-state index in [0.29, 0.717) is 0 Å². The van der Waals surface area contributed by atoms with Crippen molar-refractivity contribution in [3.63, 3.8) is 0 Å². The van der Waals surface area contributed by atoms with Gasteiger partial charge in [0.1, 0.15) is 6.10 Å². The zero-order valence-corrected chi connectivity index (χ0v) is 18.8. The monoisotopic (exact) mass is 388 g/mol. The summed E-state index contributed by atoms with van der Waals surface area (Å²) < 4.78 is 5.85. The van der Waals surface area contributed by atoms with Crippen molar-refractivity contribution < 1.29 is 9.53 Å². The van der Waals surface area contributed by atoms with Gasteiger partial charge in [-0.2, -0.15) is 0 Å². The molecule has 2 atom stereocenters. The third kappa shape index (κ3) is 11.5. The third-order valence-corrected chi connectivity index (χ3v) is 5.71. The van der Waals surface area contributed by atoms with Gasteiger partial charge in [-0.1, -0.05) is 121 Å². The largest absolute Gasteiger partial charge is 0.458 e. The van der Waals surface area contributed by atoms with Gasteiger partial charge in [0.2, 0.25) is 0 Å². The van der Waals surface area contributed by atoms with Crippen molar-refractivity contribution in [1.82, 2.24) is 0 Å². The lowest BCUT2D eigenvalue weighted by molar-refractivity contribution is -0.154. The minimum atomic E-state index is -0.162. The van der Waals surface area contributed by atoms with E-state index in [-0.39, 0.29) is 18.0 Å². The first kappa shape index (κ1) is 24.7. The van der Waals surface area contributed by atoms with E-state index in [1.165, 1.54) is 64.2 Å². The normalized spacial score (nSPS) is 13.2. The van der Waals surface area contributed by atoms with E-state index in [1.54, 1.807) is 0 Å².